The van der Waals surface area contributed by atoms with Gasteiger partial charge in [-0.15, -0.1) is 0 Å². The topological polar surface area (TPSA) is 91.3 Å². The molecule has 0 amide bonds. The van der Waals surface area contributed by atoms with Gasteiger partial charge in [-0.1, -0.05) is 6.92 Å². The minimum Gasteiger partial charge on any atom is -0.454 e. The summed E-state index contributed by atoms with van der Waals surface area (Å²) in [6.07, 6.45) is 0.578. The van der Waals surface area contributed by atoms with E-state index in [2.05, 4.69) is 56.4 Å². The van der Waals surface area contributed by atoms with Crippen molar-refractivity contribution in [2.24, 2.45) is 0 Å². The van der Waals surface area contributed by atoms with E-state index in [9.17, 15) is 4.39 Å². The Bertz CT molecular complexity index is 1060. The molecule has 0 radical (unpaired) electrons. The highest BCUT2D eigenvalue weighted by Crippen LogP contribution is 2.36. The number of anilines is 1. The second kappa shape index (κ2) is 8.27. The number of benzene rings is 1. The van der Waals surface area contributed by atoms with Crippen molar-refractivity contribution >= 4 is 39.6 Å². The molecule has 1 aromatic carbocycles. The van der Waals surface area contributed by atoms with Crippen molar-refractivity contribution < 1.29 is 13.9 Å². The number of aromatic nitrogens is 4. The van der Waals surface area contributed by atoms with E-state index in [1.807, 2.05) is 16.7 Å². The third-order valence-electron chi connectivity index (χ3n) is 5.02. The van der Waals surface area contributed by atoms with Crippen LogP contribution in [0.2, 0.25) is 0 Å². The molecule has 0 fully saturated rings. The zero-order valence-corrected chi connectivity index (χ0v) is 18.4. The van der Waals surface area contributed by atoms with Crippen LogP contribution in [0.5, 0.6) is 11.5 Å². The van der Waals surface area contributed by atoms with Crippen LogP contribution in [0.3, 0.4) is 0 Å². The number of halogens is 2. The van der Waals surface area contributed by atoms with Gasteiger partial charge in [0.05, 0.1) is 0 Å². The molecule has 0 saturated carbocycles. The van der Waals surface area contributed by atoms with Crippen molar-refractivity contribution in [3.8, 4) is 11.5 Å². The van der Waals surface area contributed by atoms with Crippen LogP contribution in [0.4, 0.5) is 10.2 Å². The first-order chi connectivity index (χ1) is 14.0. The Labute approximate surface area is 181 Å². The first-order valence-corrected chi connectivity index (χ1v) is 10.5. The fourth-order valence-corrected chi connectivity index (χ4v) is 3.96. The van der Waals surface area contributed by atoms with E-state index >= 15 is 0 Å². The van der Waals surface area contributed by atoms with E-state index in [1.54, 1.807) is 0 Å². The Morgan fingerprint density at radius 1 is 1.24 bits per heavy atom. The second-order valence-corrected chi connectivity index (χ2v) is 8.12. The summed E-state index contributed by atoms with van der Waals surface area (Å²) in [5.41, 5.74) is 7.83. The Balaban J connectivity index is 1.71. The van der Waals surface area contributed by atoms with E-state index in [1.165, 1.54) is 0 Å². The van der Waals surface area contributed by atoms with Gasteiger partial charge in [-0.2, -0.15) is 14.4 Å². The highest BCUT2D eigenvalue weighted by Gasteiger charge is 2.21. The molecule has 0 atom stereocenters. The lowest BCUT2D eigenvalue weighted by Crippen LogP contribution is -2.20. The number of hydrogen-bond donors (Lipinski definition) is 1. The molecule has 2 aromatic heterocycles. The summed E-state index contributed by atoms with van der Waals surface area (Å²) in [5.74, 6) is 2.28. The van der Waals surface area contributed by atoms with Crippen molar-refractivity contribution in [2.75, 3.05) is 32.7 Å². The number of nitrogen functional groups attached to an aromatic ring is 1. The third-order valence-corrected chi connectivity index (χ3v) is 6.03. The van der Waals surface area contributed by atoms with Crippen molar-refractivity contribution in [3.05, 3.63) is 33.2 Å². The molecule has 4 rings (SSSR count). The van der Waals surface area contributed by atoms with Crippen LogP contribution in [0.1, 0.15) is 24.7 Å². The minimum absolute atomic E-state index is 0.0542. The number of fused-ring (bicyclic) bond motifs is 2. The number of ether oxygens (including phenoxy) is 2. The van der Waals surface area contributed by atoms with Crippen LogP contribution in [0.25, 0.3) is 11.2 Å². The van der Waals surface area contributed by atoms with Gasteiger partial charge in [0.25, 0.3) is 0 Å². The van der Waals surface area contributed by atoms with Gasteiger partial charge in [0.2, 0.25) is 6.79 Å². The highest BCUT2D eigenvalue weighted by atomic mass is 127. The molecule has 0 aliphatic carbocycles. The average molecular weight is 512 g/mol. The molecule has 1 aliphatic rings. The average Bonchev–Trinajstić information content (AvgIpc) is 3.26. The standard InChI is InChI=1S/C19H22FIN6O2/c1-3-26(2)5-4-6-27-15(23-16-17(22)24-19(20)25-18(16)27)8-11-7-13-14(9-12(11)21)29-10-28-13/h7,9H,3-6,8,10H2,1-2H3,(H2,22,24,25). The van der Waals surface area contributed by atoms with Gasteiger partial charge in [-0.3, -0.25) is 0 Å². The van der Waals surface area contributed by atoms with E-state index in [4.69, 9.17) is 15.2 Å². The lowest BCUT2D eigenvalue weighted by Gasteiger charge is -2.15. The molecule has 2 N–H and O–H groups in total. The van der Waals surface area contributed by atoms with Gasteiger partial charge >= 0.3 is 6.08 Å². The SMILES string of the molecule is CCN(C)CCCn1c(Cc2cc3c(cc2I)OCO3)nc2c(N)nc(F)nc21. The van der Waals surface area contributed by atoms with E-state index in [0.29, 0.717) is 24.1 Å². The van der Waals surface area contributed by atoms with Gasteiger partial charge in [0.1, 0.15) is 5.82 Å². The molecule has 0 spiro atoms. The van der Waals surface area contributed by atoms with E-state index < -0.39 is 6.08 Å². The molecule has 0 bridgehead atoms. The Hall–Kier alpha value is -2.21. The lowest BCUT2D eigenvalue weighted by atomic mass is 10.1. The molecular weight excluding hydrogens is 490 g/mol. The molecule has 10 heteroatoms. The van der Waals surface area contributed by atoms with Crippen LogP contribution in [-0.4, -0.2) is 51.3 Å². The number of nitrogens with zero attached hydrogens (tertiary/aromatic N) is 5. The fraction of sp³-hybridized carbons (Fsp3) is 0.421. The monoisotopic (exact) mass is 512 g/mol. The van der Waals surface area contributed by atoms with Gasteiger partial charge in [-0.25, -0.2) is 4.98 Å². The summed E-state index contributed by atoms with van der Waals surface area (Å²) in [7, 11) is 2.07. The molecule has 1 aliphatic heterocycles. The summed E-state index contributed by atoms with van der Waals surface area (Å²) in [6, 6.07) is 3.92. The maximum Gasteiger partial charge on any atom is 0.312 e. The number of hydrogen-bond acceptors (Lipinski definition) is 7. The largest absolute Gasteiger partial charge is 0.454 e. The number of imidazole rings is 1. The summed E-state index contributed by atoms with van der Waals surface area (Å²) < 4.78 is 27.8. The zero-order valence-electron chi connectivity index (χ0n) is 16.3. The van der Waals surface area contributed by atoms with Crippen molar-refractivity contribution in [2.45, 2.75) is 26.3 Å². The molecule has 8 nitrogen and oxygen atoms in total. The Morgan fingerprint density at radius 2 is 2.00 bits per heavy atom. The summed E-state index contributed by atoms with van der Waals surface area (Å²) >= 11 is 2.27. The number of nitrogens with two attached hydrogens (primary N) is 1. The zero-order chi connectivity index (χ0) is 20.5. The molecule has 0 unspecified atom stereocenters. The van der Waals surface area contributed by atoms with Gasteiger partial charge < -0.3 is 24.7 Å². The van der Waals surface area contributed by atoms with Crippen LogP contribution in [-0.2, 0) is 13.0 Å². The predicted octanol–water partition coefficient (Wildman–Crippen LogP) is 2.81. The smallest absolute Gasteiger partial charge is 0.312 e. The molecule has 29 heavy (non-hydrogen) atoms. The van der Waals surface area contributed by atoms with E-state index in [-0.39, 0.29) is 12.6 Å². The van der Waals surface area contributed by atoms with Crippen LogP contribution in [0, 0.1) is 9.65 Å². The van der Waals surface area contributed by atoms with Crippen LogP contribution >= 0.6 is 22.6 Å². The first kappa shape index (κ1) is 20.1. The third kappa shape index (κ3) is 4.08. The molecule has 0 saturated heterocycles. The summed E-state index contributed by atoms with van der Waals surface area (Å²) in [5, 5.41) is 0. The highest BCUT2D eigenvalue weighted by molar-refractivity contribution is 14.1. The summed E-state index contributed by atoms with van der Waals surface area (Å²) in [6.45, 7) is 4.89. The normalized spacial score (nSPS) is 13.0. The van der Waals surface area contributed by atoms with Gasteiger partial charge in [-0.05, 0) is 66.8 Å². The maximum atomic E-state index is 13.8. The van der Waals surface area contributed by atoms with Gasteiger partial charge in [0.15, 0.2) is 28.5 Å². The predicted molar refractivity (Wildman–Crippen MR) is 116 cm³/mol. The van der Waals surface area contributed by atoms with E-state index in [0.717, 1.165) is 46.0 Å². The molecule has 3 heterocycles. The lowest BCUT2D eigenvalue weighted by molar-refractivity contribution is 0.174. The second-order valence-electron chi connectivity index (χ2n) is 6.95. The number of rotatable bonds is 7. The fourth-order valence-electron chi connectivity index (χ4n) is 3.33. The van der Waals surface area contributed by atoms with Crippen molar-refractivity contribution in [1.82, 2.24) is 24.4 Å². The Morgan fingerprint density at radius 3 is 2.76 bits per heavy atom. The molecule has 154 valence electrons. The summed E-state index contributed by atoms with van der Waals surface area (Å²) in [4.78, 5) is 14.5. The van der Waals surface area contributed by atoms with Gasteiger partial charge in [0, 0.05) is 16.5 Å². The first-order valence-electron chi connectivity index (χ1n) is 9.41. The van der Waals surface area contributed by atoms with Crippen LogP contribution in [0.15, 0.2) is 12.1 Å². The Kier molecular flexibility index (Phi) is 5.72. The molecule has 3 aromatic rings. The minimum atomic E-state index is -0.842. The van der Waals surface area contributed by atoms with Crippen LogP contribution < -0.4 is 15.2 Å². The quantitative estimate of drug-likeness (QED) is 0.385. The van der Waals surface area contributed by atoms with Crippen molar-refractivity contribution in [3.63, 3.8) is 0 Å². The maximum absolute atomic E-state index is 13.8. The molecular formula is C19H22FIN6O2. The van der Waals surface area contributed by atoms with Crippen molar-refractivity contribution in [1.29, 1.82) is 0 Å². The number of aryl methyl sites for hydroxylation is 1.